The summed E-state index contributed by atoms with van der Waals surface area (Å²) in [6.07, 6.45) is 5.05. The monoisotopic (exact) mass is 251 g/mol. The van der Waals surface area contributed by atoms with Crippen LogP contribution >= 0.6 is 28.3 Å². The second kappa shape index (κ2) is 4.25. The summed E-state index contributed by atoms with van der Waals surface area (Å²) < 4.78 is 3.08. The largest absolute Gasteiger partial charge is 0.315 e. The van der Waals surface area contributed by atoms with Crippen LogP contribution in [0.5, 0.6) is 0 Å². The first-order valence-corrected chi connectivity index (χ1v) is 4.56. The van der Waals surface area contributed by atoms with Crippen LogP contribution in [0, 0.1) is 0 Å². The average molecular weight is 253 g/mol. The van der Waals surface area contributed by atoms with E-state index < -0.39 is 0 Å². The Morgan fingerprint density at radius 2 is 2.50 bits per heavy atom. The van der Waals surface area contributed by atoms with Gasteiger partial charge in [-0.1, -0.05) is 0 Å². The molecule has 1 aromatic heterocycles. The van der Waals surface area contributed by atoms with Crippen LogP contribution in [0.1, 0.15) is 12.5 Å². The molecule has 1 aliphatic rings. The minimum Gasteiger partial charge on any atom is -0.315 e. The molecule has 0 bridgehead atoms. The Labute approximate surface area is 86.1 Å². The number of rotatable bonds is 1. The Bertz CT molecular complexity index is 245. The molecule has 1 N–H and O–H groups in total. The van der Waals surface area contributed by atoms with Gasteiger partial charge in [0.15, 0.2) is 0 Å². The summed E-state index contributed by atoms with van der Waals surface area (Å²) in [4.78, 5) is 0. The first-order chi connectivity index (χ1) is 5.36. The molecule has 1 fully saturated rings. The molecule has 0 saturated carbocycles. The van der Waals surface area contributed by atoms with Gasteiger partial charge in [0.05, 0.1) is 16.7 Å². The van der Waals surface area contributed by atoms with Crippen LogP contribution in [0.2, 0.25) is 0 Å². The van der Waals surface area contributed by atoms with Gasteiger partial charge in [-0.15, -0.1) is 12.4 Å². The van der Waals surface area contributed by atoms with E-state index in [0.29, 0.717) is 6.04 Å². The lowest BCUT2D eigenvalue weighted by molar-refractivity contribution is 0.490. The summed E-state index contributed by atoms with van der Waals surface area (Å²) >= 11 is 3.38. The molecular formula is C7H11BrClN3. The lowest BCUT2D eigenvalue weighted by atomic mass is 10.3. The van der Waals surface area contributed by atoms with Crippen molar-refractivity contribution in [2.75, 3.05) is 13.1 Å². The van der Waals surface area contributed by atoms with Gasteiger partial charge in [0.2, 0.25) is 0 Å². The fraction of sp³-hybridized carbons (Fsp3) is 0.571. The molecule has 1 unspecified atom stereocenters. The topological polar surface area (TPSA) is 29.9 Å². The van der Waals surface area contributed by atoms with Gasteiger partial charge in [-0.2, -0.15) is 5.10 Å². The van der Waals surface area contributed by atoms with Crippen molar-refractivity contribution in [3.63, 3.8) is 0 Å². The molecule has 0 amide bonds. The summed E-state index contributed by atoms with van der Waals surface area (Å²) in [7, 11) is 0. The molecule has 3 nitrogen and oxygen atoms in total. The first-order valence-electron chi connectivity index (χ1n) is 3.76. The maximum absolute atomic E-state index is 4.23. The zero-order chi connectivity index (χ0) is 7.68. The molecule has 0 radical (unpaired) electrons. The Morgan fingerprint density at radius 1 is 1.67 bits per heavy atom. The minimum absolute atomic E-state index is 0. The molecule has 1 atom stereocenters. The molecule has 0 aromatic carbocycles. The number of halogens is 2. The van der Waals surface area contributed by atoms with Gasteiger partial charge in [-0.25, -0.2) is 0 Å². The molecule has 0 spiro atoms. The van der Waals surface area contributed by atoms with Crippen LogP contribution < -0.4 is 5.32 Å². The fourth-order valence-corrected chi connectivity index (χ4v) is 1.68. The first kappa shape index (κ1) is 10.0. The molecule has 12 heavy (non-hydrogen) atoms. The molecule has 2 heterocycles. The van der Waals surface area contributed by atoms with Crippen molar-refractivity contribution < 1.29 is 0 Å². The fourth-order valence-electron chi connectivity index (χ4n) is 1.38. The van der Waals surface area contributed by atoms with Crippen molar-refractivity contribution in [1.82, 2.24) is 15.1 Å². The molecule has 68 valence electrons. The van der Waals surface area contributed by atoms with Crippen molar-refractivity contribution in [2.24, 2.45) is 0 Å². The van der Waals surface area contributed by atoms with E-state index in [0.717, 1.165) is 17.6 Å². The third-order valence-corrected chi connectivity index (χ3v) is 2.39. The van der Waals surface area contributed by atoms with Gasteiger partial charge >= 0.3 is 0 Å². The lowest BCUT2D eigenvalue weighted by Gasteiger charge is -2.07. The predicted octanol–water partition coefficient (Wildman–Crippen LogP) is 1.60. The quantitative estimate of drug-likeness (QED) is 0.823. The van der Waals surface area contributed by atoms with Crippen LogP contribution in [0.15, 0.2) is 16.9 Å². The Hall–Kier alpha value is -0.0600. The molecule has 1 saturated heterocycles. The Balaban J connectivity index is 0.000000720. The van der Waals surface area contributed by atoms with Crippen LogP contribution in [-0.4, -0.2) is 22.9 Å². The zero-order valence-corrected chi connectivity index (χ0v) is 8.94. The van der Waals surface area contributed by atoms with Gasteiger partial charge in [0, 0.05) is 12.7 Å². The summed E-state index contributed by atoms with van der Waals surface area (Å²) in [5.74, 6) is 0. The maximum atomic E-state index is 4.23. The molecule has 1 aliphatic heterocycles. The van der Waals surface area contributed by atoms with E-state index in [-0.39, 0.29) is 12.4 Å². The van der Waals surface area contributed by atoms with Crippen LogP contribution in [0.3, 0.4) is 0 Å². The highest BCUT2D eigenvalue weighted by atomic mass is 79.9. The Morgan fingerprint density at radius 3 is 3.00 bits per heavy atom. The zero-order valence-electron chi connectivity index (χ0n) is 6.53. The third kappa shape index (κ3) is 2.00. The van der Waals surface area contributed by atoms with Crippen molar-refractivity contribution >= 4 is 28.3 Å². The minimum atomic E-state index is 0. The van der Waals surface area contributed by atoms with Crippen LogP contribution in [-0.2, 0) is 0 Å². The van der Waals surface area contributed by atoms with E-state index in [9.17, 15) is 0 Å². The standard InChI is InChI=1S/C7H10BrN3.ClH/c8-6-3-10-11(5-6)7-1-2-9-4-7;/h3,5,7,9H,1-2,4H2;1H. The normalized spacial score (nSPS) is 22.2. The summed E-state index contributed by atoms with van der Waals surface area (Å²) in [6, 6.07) is 0.557. The van der Waals surface area contributed by atoms with E-state index in [4.69, 9.17) is 0 Å². The average Bonchev–Trinajstić information content (AvgIpc) is 2.55. The number of nitrogens with one attached hydrogen (secondary N) is 1. The molecule has 1 aromatic rings. The summed E-state index contributed by atoms with van der Waals surface area (Å²) in [5.41, 5.74) is 0. The van der Waals surface area contributed by atoms with Crippen molar-refractivity contribution in [1.29, 1.82) is 0 Å². The molecule has 5 heteroatoms. The van der Waals surface area contributed by atoms with Gasteiger partial charge in [-0.3, -0.25) is 4.68 Å². The van der Waals surface area contributed by atoms with Crippen molar-refractivity contribution in [2.45, 2.75) is 12.5 Å². The van der Waals surface area contributed by atoms with E-state index in [2.05, 4.69) is 26.3 Å². The number of nitrogens with zero attached hydrogens (tertiary/aromatic N) is 2. The highest BCUT2D eigenvalue weighted by molar-refractivity contribution is 9.10. The van der Waals surface area contributed by atoms with Crippen molar-refractivity contribution in [3.05, 3.63) is 16.9 Å². The van der Waals surface area contributed by atoms with Crippen LogP contribution in [0.4, 0.5) is 0 Å². The number of aromatic nitrogens is 2. The van der Waals surface area contributed by atoms with Crippen LogP contribution in [0.25, 0.3) is 0 Å². The molecule has 2 rings (SSSR count). The third-order valence-electron chi connectivity index (χ3n) is 1.98. The van der Waals surface area contributed by atoms with Gasteiger partial charge in [0.25, 0.3) is 0 Å². The lowest BCUT2D eigenvalue weighted by Crippen LogP contribution is -2.13. The number of hydrogen-bond acceptors (Lipinski definition) is 2. The van der Waals surface area contributed by atoms with Gasteiger partial charge in [-0.05, 0) is 28.9 Å². The molecular weight excluding hydrogens is 241 g/mol. The van der Waals surface area contributed by atoms with E-state index in [1.807, 2.05) is 17.1 Å². The highest BCUT2D eigenvalue weighted by Crippen LogP contribution is 2.16. The summed E-state index contributed by atoms with van der Waals surface area (Å²) in [6.45, 7) is 2.16. The predicted molar refractivity (Wildman–Crippen MR) is 53.7 cm³/mol. The number of hydrogen-bond donors (Lipinski definition) is 1. The van der Waals surface area contributed by atoms with E-state index in [1.54, 1.807) is 0 Å². The highest BCUT2D eigenvalue weighted by Gasteiger charge is 2.16. The maximum Gasteiger partial charge on any atom is 0.0656 e. The molecule has 0 aliphatic carbocycles. The Kier molecular flexibility index (Phi) is 3.55. The summed E-state index contributed by atoms with van der Waals surface area (Å²) in [5, 5.41) is 7.53. The SMILES string of the molecule is Brc1cnn(C2CCNC2)c1.Cl. The van der Waals surface area contributed by atoms with Crippen molar-refractivity contribution in [3.8, 4) is 0 Å². The van der Waals surface area contributed by atoms with Gasteiger partial charge < -0.3 is 5.32 Å². The van der Waals surface area contributed by atoms with Gasteiger partial charge in [0.1, 0.15) is 0 Å². The van der Waals surface area contributed by atoms with E-state index >= 15 is 0 Å². The van der Waals surface area contributed by atoms with E-state index in [1.165, 1.54) is 6.42 Å². The second-order valence-electron chi connectivity index (χ2n) is 2.79. The second-order valence-corrected chi connectivity index (χ2v) is 3.70. The smallest absolute Gasteiger partial charge is 0.0656 e.